The normalized spacial score (nSPS) is 22.1. The maximum absolute atomic E-state index is 13.8. The molecule has 1 saturated carbocycles. The first-order chi connectivity index (χ1) is 17.0. The van der Waals surface area contributed by atoms with Crippen LogP contribution in [0.3, 0.4) is 0 Å². The number of halogens is 3. The molecule has 1 aromatic carbocycles. The smallest absolute Gasteiger partial charge is 0.397 e. The summed E-state index contributed by atoms with van der Waals surface area (Å²) in [6, 6.07) is 10.3. The number of nitrogens with zero attached hydrogens (tertiary/aromatic N) is 1. The van der Waals surface area contributed by atoms with E-state index >= 15 is 0 Å². The molecule has 1 aromatic rings. The Morgan fingerprint density at radius 3 is 2.53 bits per heavy atom. The van der Waals surface area contributed by atoms with Gasteiger partial charge in [-0.1, -0.05) is 49.1 Å². The summed E-state index contributed by atoms with van der Waals surface area (Å²) in [5.41, 5.74) is 3.86. The zero-order valence-corrected chi connectivity index (χ0v) is 21.3. The maximum Gasteiger partial charge on any atom is 0.397 e. The number of carboxylic acid groups (broad SMARTS) is 1. The third kappa shape index (κ3) is 7.05. The average Bonchev–Trinajstić information content (AvgIpc) is 3.62. The highest BCUT2D eigenvalue weighted by molar-refractivity contribution is 5.74. The van der Waals surface area contributed by atoms with Crippen LogP contribution in [0.2, 0.25) is 0 Å². The second-order valence-electron chi connectivity index (χ2n) is 9.92. The molecule has 3 rings (SSSR count). The van der Waals surface area contributed by atoms with Crippen LogP contribution in [0.1, 0.15) is 52.0 Å². The van der Waals surface area contributed by atoms with E-state index in [1.165, 1.54) is 11.6 Å². The van der Waals surface area contributed by atoms with E-state index in [1.807, 2.05) is 45.0 Å². The van der Waals surface area contributed by atoms with E-state index in [1.54, 1.807) is 6.08 Å². The van der Waals surface area contributed by atoms with Crippen molar-refractivity contribution in [3.8, 4) is 0 Å². The Morgan fingerprint density at radius 2 is 1.97 bits per heavy atom. The molecular formula is C29H37F3N2O2. The van der Waals surface area contributed by atoms with Gasteiger partial charge in [0.1, 0.15) is 0 Å². The monoisotopic (exact) mass is 502 g/mol. The lowest BCUT2D eigenvalue weighted by Crippen LogP contribution is -2.38. The van der Waals surface area contributed by atoms with Gasteiger partial charge in [0.2, 0.25) is 0 Å². The number of nitrogens with one attached hydrogen (secondary N) is 1. The number of hydrogen-bond donors (Lipinski definition) is 2. The summed E-state index contributed by atoms with van der Waals surface area (Å²) in [4.78, 5) is 13.4. The minimum absolute atomic E-state index is 0.0965. The van der Waals surface area contributed by atoms with Crippen molar-refractivity contribution in [3.63, 3.8) is 0 Å². The fourth-order valence-electron chi connectivity index (χ4n) is 4.98. The van der Waals surface area contributed by atoms with Crippen molar-refractivity contribution >= 4 is 5.97 Å². The van der Waals surface area contributed by atoms with Crippen molar-refractivity contribution in [2.24, 2.45) is 17.8 Å². The number of aryl methyl sites for hydroxylation is 1. The fraction of sp³-hybridized carbons (Fsp3) is 0.483. The van der Waals surface area contributed by atoms with Crippen LogP contribution < -0.4 is 5.32 Å². The Morgan fingerprint density at radius 1 is 1.28 bits per heavy atom. The Bertz CT molecular complexity index is 1020. The number of hydrogen-bond acceptors (Lipinski definition) is 3. The van der Waals surface area contributed by atoms with Gasteiger partial charge in [-0.2, -0.15) is 13.2 Å². The largest absolute Gasteiger partial charge is 0.481 e. The van der Waals surface area contributed by atoms with Gasteiger partial charge in [-0.25, -0.2) is 0 Å². The first kappa shape index (κ1) is 27.6. The standard InChI is InChI=1S/C29H37F3N2O2/c1-5-23(34(19(2)3)20(4)10-9-13-21-11-7-6-8-12-21)18-33-27-16-22(24-17-25(24)28(35)36)14-15-26(27)29(30,31)32/h5-8,11-12,14,16,19,24-26,33H,4,9-10,13,15,17-18H2,1-3H3,(H,35,36)/b23-5-/t24-,25+,26?/m0/s1. The van der Waals surface area contributed by atoms with Crippen LogP contribution in [0.15, 0.2) is 77.8 Å². The molecule has 0 aromatic heterocycles. The van der Waals surface area contributed by atoms with Crippen molar-refractivity contribution < 1.29 is 23.1 Å². The highest BCUT2D eigenvalue weighted by atomic mass is 19.4. The van der Waals surface area contributed by atoms with Crippen LogP contribution in [0.4, 0.5) is 13.2 Å². The van der Waals surface area contributed by atoms with E-state index in [2.05, 4.69) is 28.9 Å². The highest BCUT2D eigenvalue weighted by Gasteiger charge is 2.48. The molecule has 0 saturated heterocycles. The number of aliphatic carboxylic acids is 1. The first-order valence-electron chi connectivity index (χ1n) is 12.6. The Balaban J connectivity index is 1.68. The molecule has 2 aliphatic carbocycles. The van der Waals surface area contributed by atoms with Crippen molar-refractivity contribution in [2.75, 3.05) is 6.54 Å². The SMILES string of the molecule is C=C(CCCc1ccccc1)N(/C(=C\C)CNC1=CC([C@@H]2C[C@H]2C(=O)O)=CCC1C(F)(F)F)C(C)C. The van der Waals surface area contributed by atoms with Gasteiger partial charge in [0, 0.05) is 23.1 Å². The molecule has 2 N–H and O–H groups in total. The number of allylic oxidation sites excluding steroid dienone is 6. The topological polar surface area (TPSA) is 52.6 Å². The molecule has 1 fully saturated rings. The second-order valence-corrected chi connectivity index (χ2v) is 9.92. The summed E-state index contributed by atoms with van der Waals surface area (Å²) in [5.74, 6) is -3.22. The number of alkyl halides is 3. The van der Waals surface area contributed by atoms with E-state index in [0.717, 1.165) is 30.7 Å². The van der Waals surface area contributed by atoms with E-state index in [-0.39, 0.29) is 30.6 Å². The van der Waals surface area contributed by atoms with E-state index < -0.39 is 24.0 Å². The Kier molecular flexibility index (Phi) is 9.09. The fourth-order valence-corrected chi connectivity index (χ4v) is 4.98. The number of carboxylic acids is 1. The molecule has 0 amide bonds. The minimum Gasteiger partial charge on any atom is -0.481 e. The number of rotatable bonds is 12. The quantitative estimate of drug-likeness (QED) is 0.329. The molecule has 1 unspecified atom stereocenters. The van der Waals surface area contributed by atoms with Gasteiger partial charge in [-0.15, -0.1) is 0 Å². The summed E-state index contributed by atoms with van der Waals surface area (Å²) in [5, 5.41) is 12.3. The van der Waals surface area contributed by atoms with Crippen LogP contribution in [0, 0.1) is 17.8 Å². The van der Waals surface area contributed by atoms with Gasteiger partial charge in [0.15, 0.2) is 0 Å². The van der Waals surface area contributed by atoms with Crippen LogP contribution >= 0.6 is 0 Å². The van der Waals surface area contributed by atoms with Crippen LogP contribution in [-0.4, -0.2) is 34.7 Å². The van der Waals surface area contributed by atoms with Gasteiger partial charge in [-0.3, -0.25) is 4.79 Å². The molecule has 0 bridgehead atoms. The molecule has 4 nitrogen and oxygen atoms in total. The molecule has 7 heteroatoms. The molecular weight excluding hydrogens is 465 g/mol. The summed E-state index contributed by atoms with van der Waals surface area (Å²) in [6.07, 6.45) is 3.56. The molecule has 3 atom stereocenters. The second kappa shape index (κ2) is 11.8. The average molecular weight is 503 g/mol. The van der Waals surface area contributed by atoms with Crippen molar-refractivity contribution in [3.05, 3.63) is 83.4 Å². The van der Waals surface area contributed by atoms with E-state index in [9.17, 15) is 23.1 Å². The third-order valence-electron chi connectivity index (χ3n) is 6.96. The Labute approximate surface area is 212 Å². The lowest BCUT2D eigenvalue weighted by molar-refractivity contribution is -0.164. The molecule has 2 aliphatic rings. The summed E-state index contributed by atoms with van der Waals surface area (Å²) in [7, 11) is 0. The zero-order valence-electron chi connectivity index (χ0n) is 21.3. The zero-order chi connectivity index (χ0) is 26.5. The Hall–Kier alpha value is -2.96. The third-order valence-corrected chi connectivity index (χ3v) is 6.96. The number of carbonyl (C=O) groups is 1. The van der Waals surface area contributed by atoms with Crippen molar-refractivity contribution in [1.29, 1.82) is 0 Å². The predicted molar refractivity (Wildman–Crippen MR) is 137 cm³/mol. The lowest BCUT2D eigenvalue weighted by Gasteiger charge is -2.35. The lowest BCUT2D eigenvalue weighted by atomic mass is 9.90. The van der Waals surface area contributed by atoms with Crippen molar-refractivity contribution in [1.82, 2.24) is 10.2 Å². The van der Waals surface area contributed by atoms with E-state index in [0.29, 0.717) is 12.0 Å². The summed E-state index contributed by atoms with van der Waals surface area (Å²) in [6.45, 7) is 10.5. The summed E-state index contributed by atoms with van der Waals surface area (Å²) >= 11 is 0. The van der Waals surface area contributed by atoms with Gasteiger partial charge < -0.3 is 15.3 Å². The summed E-state index contributed by atoms with van der Waals surface area (Å²) < 4.78 is 41.4. The van der Waals surface area contributed by atoms with Crippen molar-refractivity contribution in [2.45, 2.75) is 65.1 Å². The van der Waals surface area contributed by atoms with Crippen LogP contribution in [0.5, 0.6) is 0 Å². The van der Waals surface area contributed by atoms with Crippen LogP contribution in [0.25, 0.3) is 0 Å². The highest BCUT2D eigenvalue weighted by Crippen LogP contribution is 2.48. The molecule has 36 heavy (non-hydrogen) atoms. The van der Waals surface area contributed by atoms with Gasteiger partial charge in [0.05, 0.1) is 18.4 Å². The molecule has 196 valence electrons. The molecule has 0 heterocycles. The molecule has 0 spiro atoms. The van der Waals surface area contributed by atoms with Gasteiger partial charge in [-0.05, 0) is 76.0 Å². The maximum atomic E-state index is 13.8. The van der Waals surface area contributed by atoms with Crippen LogP contribution in [-0.2, 0) is 11.2 Å². The van der Waals surface area contributed by atoms with Gasteiger partial charge >= 0.3 is 12.1 Å². The minimum atomic E-state index is -4.38. The predicted octanol–water partition coefficient (Wildman–Crippen LogP) is 6.84. The van der Waals surface area contributed by atoms with Gasteiger partial charge in [0.25, 0.3) is 0 Å². The molecule has 0 radical (unpaired) electrons. The molecule has 0 aliphatic heterocycles. The number of benzene rings is 1. The first-order valence-corrected chi connectivity index (χ1v) is 12.6. The van der Waals surface area contributed by atoms with E-state index in [4.69, 9.17) is 0 Å².